The van der Waals surface area contributed by atoms with E-state index < -0.39 is 29.3 Å². The molecule has 1 aliphatic heterocycles. The van der Waals surface area contributed by atoms with Gasteiger partial charge in [-0.25, -0.2) is 13.2 Å². The minimum Gasteiger partial charge on any atom is -0.335 e. The third-order valence-corrected chi connectivity index (χ3v) is 5.16. The van der Waals surface area contributed by atoms with E-state index in [1.165, 1.54) is 11.0 Å². The maximum Gasteiger partial charge on any atom is 0.257 e. The molecule has 29 heavy (non-hydrogen) atoms. The summed E-state index contributed by atoms with van der Waals surface area (Å²) < 4.78 is 41.4. The van der Waals surface area contributed by atoms with Gasteiger partial charge in [-0.3, -0.25) is 9.59 Å². The van der Waals surface area contributed by atoms with Crippen LogP contribution in [0.4, 0.5) is 18.9 Å². The lowest BCUT2D eigenvalue weighted by atomic mass is 10.0. The molecule has 2 aromatic carbocycles. The molecule has 0 spiro atoms. The highest BCUT2D eigenvalue weighted by atomic mass is 35.5. The first-order chi connectivity index (χ1) is 13.7. The Kier molecular flexibility index (Phi) is 6.14. The van der Waals surface area contributed by atoms with Gasteiger partial charge in [0, 0.05) is 30.2 Å². The molecule has 0 radical (unpaired) electrons. The van der Waals surface area contributed by atoms with Crippen LogP contribution in [0.2, 0.25) is 5.02 Å². The van der Waals surface area contributed by atoms with Gasteiger partial charge in [-0.05, 0) is 37.9 Å². The number of hydrogen-bond acceptors (Lipinski definition) is 3. The molecule has 0 saturated carbocycles. The summed E-state index contributed by atoms with van der Waals surface area (Å²) in [6.07, 6.45) is -0.240. The van der Waals surface area contributed by atoms with E-state index in [1.54, 1.807) is 0 Å². The molecule has 154 valence electrons. The first kappa shape index (κ1) is 21.1. The number of likely N-dealkylation sites (tertiary alicyclic amines) is 1. The fraction of sp³-hybridized carbons (Fsp3) is 0.300. The quantitative estimate of drug-likeness (QED) is 0.799. The summed E-state index contributed by atoms with van der Waals surface area (Å²) in [5.74, 6) is -3.76. The van der Waals surface area contributed by atoms with Gasteiger partial charge in [0.1, 0.15) is 17.5 Å². The van der Waals surface area contributed by atoms with Gasteiger partial charge < -0.3 is 15.1 Å². The summed E-state index contributed by atoms with van der Waals surface area (Å²) in [6.45, 7) is 0.876. The Balaban J connectivity index is 1.73. The van der Waals surface area contributed by atoms with Gasteiger partial charge in [0.2, 0.25) is 5.91 Å². The minimum absolute atomic E-state index is 0.0591. The highest BCUT2D eigenvalue weighted by Crippen LogP contribution is 2.24. The molecule has 2 amide bonds. The molecule has 1 aliphatic rings. The second kappa shape index (κ2) is 8.42. The molecule has 9 heteroatoms. The zero-order valence-electron chi connectivity index (χ0n) is 15.8. The predicted octanol–water partition coefficient (Wildman–Crippen LogP) is 3.32. The van der Waals surface area contributed by atoms with E-state index in [4.69, 9.17) is 11.6 Å². The van der Waals surface area contributed by atoms with Crippen molar-refractivity contribution in [1.29, 1.82) is 0 Å². The van der Waals surface area contributed by atoms with Gasteiger partial charge in [0.25, 0.3) is 5.91 Å². The van der Waals surface area contributed by atoms with Crippen LogP contribution in [0, 0.1) is 17.5 Å². The average molecular weight is 426 g/mol. The molecule has 1 saturated heterocycles. The largest absolute Gasteiger partial charge is 0.335 e. The molecular formula is C20H19ClF3N3O2. The number of likely N-dealkylation sites (N-methyl/N-ethyl adjacent to an activating group) is 1. The molecule has 0 bridgehead atoms. The number of halogens is 4. The number of hydrogen-bond donors (Lipinski definition) is 1. The monoisotopic (exact) mass is 425 g/mol. The highest BCUT2D eigenvalue weighted by molar-refractivity contribution is 6.31. The topological polar surface area (TPSA) is 52.6 Å². The van der Waals surface area contributed by atoms with E-state index in [0.29, 0.717) is 24.7 Å². The van der Waals surface area contributed by atoms with E-state index in [-0.39, 0.29) is 28.7 Å². The Morgan fingerprint density at radius 3 is 2.45 bits per heavy atom. The lowest BCUT2D eigenvalue weighted by molar-refractivity contribution is -0.115. The summed E-state index contributed by atoms with van der Waals surface area (Å²) in [7, 11) is 3.76. The molecule has 0 aromatic heterocycles. The molecule has 0 unspecified atom stereocenters. The molecular weight excluding hydrogens is 407 g/mol. The lowest BCUT2D eigenvalue weighted by Crippen LogP contribution is -2.59. The van der Waals surface area contributed by atoms with Crippen molar-refractivity contribution in [1.82, 2.24) is 9.80 Å². The summed E-state index contributed by atoms with van der Waals surface area (Å²) in [5, 5.41) is 2.37. The van der Waals surface area contributed by atoms with Crippen LogP contribution < -0.4 is 5.32 Å². The normalized spacial score (nSPS) is 14.1. The molecule has 2 aromatic rings. The molecule has 1 fully saturated rings. The summed E-state index contributed by atoms with van der Waals surface area (Å²) in [4.78, 5) is 28.1. The molecule has 0 aliphatic carbocycles. The van der Waals surface area contributed by atoms with Crippen molar-refractivity contribution >= 4 is 29.1 Å². The Bertz CT molecular complexity index is 962. The molecule has 1 heterocycles. The minimum atomic E-state index is -1.01. The molecule has 3 rings (SSSR count). The predicted molar refractivity (Wildman–Crippen MR) is 103 cm³/mol. The zero-order valence-corrected chi connectivity index (χ0v) is 16.6. The van der Waals surface area contributed by atoms with Crippen molar-refractivity contribution in [2.45, 2.75) is 12.5 Å². The number of nitrogens with one attached hydrogen (secondary N) is 1. The maximum absolute atomic E-state index is 14.2. The van der Waals surface area contributed by atoms with E-state index in [0.717, 1.165) is 18.2 Å². The Hall–Kier alpha value is -2.58. The molecule has 0 atom stereocenters. The van der Waals surface area contributed by atoms with E-state index in [1.807, 2.05) is 19.0 Å². The second-order valence-corrected chi connectivity index (χ2v) is 7.51. The summed E-state index contributed by atoms with van der Waals surface area (Å²) in [5.41, 5.74) is -0.291. The van der Waals surface area contributed by atoms with Gasteiger partial charge in [0.15, 0.2) is 0 Å². The average Bonchev–Trinajstić information content (AvgIpc) is 2.58. The van der Waals surface area contributed by atoms with Crippen LogP contribution in [0.3, 0.4) is 0 Å². The van der Waals surface area contributed by atoms with Crippen LogP contribution in [0.15, 0.2) is 30.3 Å². The van der Waals surface area contributed by atoms with Crippen LogP contribution >= 0.6 is 11.6 Å². The maximum atomic E-state index is 14.2. The Labute approximate surface area is 171 Å². The zero-order chi connectivity index (χ0) is 21.3. The highest BCUT2D eigenvalue weighted by Gasteiger charge is 2.34. The first-order valence-electron chi connectivity index (χ1n) is 8.84. The van der Waals surface area contributed by atoms with Gasteiger partial charge in [-0.2, -0.15) is 0 Å². The van der Waals surface area contributed by atoms with Gasteiger partial charge in [-0.1, -0.05) is 17.7 Å². The standard InChI is InChI=1S/C20H19ClF3N3O2/c1-26(2)13-9-27(10-13)20(29)14-7-18(17(24)8-16(14)23)25-19(28)5-11-3-4-12(22)6-15(11)21/h3-4,6-8,13H,5,9-10H2,1-2H3,(H,25,28). The van der Waals surface area contributed by atoms with Crippen LogP contribution in [0.25, 0.3) is 0 Å². The number of benzene rings is 2. The van der Waals surface area contributed by atoms with Crippen molar-refractivity contribution in [2.75, 3.05) is 32.5 Å². The van der Waals surface area contributed by atoms with Crippen molar-refractivity contribution in [3.8, 4) is 0 Å². The number of anilines is 1. The Morgan fingerprint density at radius 1 is 1.14 bits per heavy atom. The van der Waals surface area contributed by atoms with Crippen LogP contribution in [0.1, 0.15) is 15.9 Å². The van der Waals surface area contributed by atoms with Gasteiger partial charge >= 0.3 is 0 Å². The third-order valence-electron chi connectivity index (χ3n) is 4.81. The van der Waals surface area contributed by atoms with Crippen LogP contribution in [-0.2, 0) is 11.2 Å². The summed E-state index contributed by atoms with van der Waals surface area (Å²) >= 11 is 5.89. The van der Waals surface area contributed by atoms with Crippen molar-refractivity contribution in [3.63, 3.8) is 0 Å². The van der Waals surface area contributed by atoms with Crippen LogP contribution in [-0.4, -0.2) is 54.8 Å². The number of rotatable bonds is 5. The number of carbonyl (C=O) groups is 2. The van der Waals surface area contributed by atoms with E-state index in [9.17, 15) is 22.8 Å². The number of nitrogens with zero attached hydrogens (tertiary/aromatic N) is 2. The fourth-order valence-corrected chi connectivity index (χ4v) is 3.19. The smallest absolute Gasteiger partial charge is 0.257 e. The second-order valence-electron chi connectivity index (χ2n) is 7.10. The third kappa shape index (κ3) is 4.71. The summed E-state index contributed by atoms with van der Waals surface area (Å²) in [6, 6.07) is 5.29. The van der Waals surface area contributed by atoms with Gasteiger partial charge in [-0.15, -0.1) is 0 Å². The number of carbonyl (C=O) groups excluding carboxylic acids is 2. The van der Waals surface area contributed by atoms with Gasteiger partial charge in [0.05, 0.1) is 17.7 Å². The van der Waals surface area contributed by atoms with Crippen molar-refractivity contribution in [2.24, 2.45) is 0 Å². The fourth-order valence-electron chi connectivity index (χ4n) is 2.96. The van der Waals surface area contributed by atoms with Crippen LogP contribution in [0.5, 0.6) is 0 Å². The SMILES string of the molecule is CN(C)C1CN(C(=O)c2cc(NC(=O)Cc3ccc(F)cc3Cl)c(F)cc2F)C1. The number of amides is 2. The molecule has 5 nitrogen and oxygen atoms in total. The lowest BCUT2D eigenvalue weighted by Gasteiger charge is -2.42. The van der Waals surface area contributed by atoms with Crippen molar-refractivity contribution < 1.29 is 22.8 Å². The Morgan fingerprint density at radius 2 is 1.83 bits per heavy atom. The van der Waals surface area contributed by atoms with Crippen molar-refractivity contribution in [3.05, 3.63) is 63.9 Å². The molecule has 1 N–H and O–H groups in total. The van der Waals surface area contributed by atoms with E-state index >= 15 is 0 Å². The van der Waals surface area contributed by atoms with E-state index in [2.05, 4.69) is 5.32 Å². The first-order valence-corrected chi connectivity index (χ1v) is 9.22.